The van der Waals surface area contributed by atoms with Crippen LogP contribution in [0.15, 0.2) is 113 Å². The Morgan fingerprint density at radius 2 is 1.59 bits per heavy atom. The Bertz CT molecular complexity index is 2010. The summed E-state index contributed by atoms with van der Waals surface area (Å²) in [6.07, 6.45) is -0.389. The van der Waals surface area contributed by atoms with E-state index in [0.29, 0.717) is 26.6 Å². The van der Waals surface area contributed by atoms with Crippen LogP contribution in [-0.4, -0.2) is 38.9 Å². The minimum absolute atomic E-state index is 0.0951. The van der Waals surface area contributed by atoms with E-state index in [0.717, 1.165) is 21.4 Å². The first kappa shape index (κ1) is 30.8. The third kappa shape index (κ3) is 5.80. The zero-order valence-electron chi connectivity index (χ0n) is 24.1. The van der Waals surface area contributed by atoms with E-state index in [2.05, 4.69) is 5.32 Å². The van der Waals surface area contributed by atoms with E-state index in [4.69, 9.17) is 28.6 Å². The van der Waals surface area contributed by atoms with Gasteiger partial charge in [-0.2, -0.15) is 0 Å². The van der Waals surface area contributed by atoms with E-state index >= 15 is 0 Å². The minimum Gasteiger partial charge on any atom is -0.469 e. The largest absolute Gasteiger partial charge is 0.469 e. The van der Waals surface area contributed by atoms with Crippen LogP contribution in [0.25, 0.3) is 15.0 Å². The number of hydrogen-bond donors (Lipinski definition) is 1. The summed E-state index contributed by atoms with van der Waals surface area (Å²) in [6.45, 7) is 0. The van der Waals surface area contributed by atoms with Gasteiger partial charge in [-0.3, -0.25) is 19.3 Å². The van der Waals surface area contributed by atoms with E-state index in [1.54, 1.807) is 4.90 Å². The molecule has 2 aliphatic heterocycles. The summed E-state index contributed by atoms with van der Waals surface area (Å²) < 4.78 is 8.03. The van der Waals surface area contributed by atoms with Gasteiger partial charge in [-0.15, -0.1) is 34.4 Å². The van der Waals surface area contributed by atoms with Gasteiger partial charge in [-0.25, -0.2) is 0 Å². The van der Waals surface area contributed by atoms with E-state index < -0.39 is 17.5 Å². The molecule has 230 valence electrons. The Morgan fingerprint density at radius 3 is 2.24 bits per heavy atom. The third-order valence-corrected chi connectivity index (χ3v) is 12.1. The molecule has 3 aromatic carbocycles. The van der Waals surface area contributed by atoms with Crippen LogP contribution in [0.4, 0.5) is 0 Å². The maximum absolute atomic E-state index is 13.9. The highest BCUT2D eigenvalue weighted by Crippen LogP contribution is 2.47. The number of thioether (sulfide) groups is 1. The first-order valence-electron chi connectivity index (χ1n) is 14.4. The summed E-state index contributed by atoms with van der Waals surface area (Å²) in [5, 5.41) is 4.60. The fourth-order valence-corrected chi connectivity index (χ4v) is 9.88. The zero-order chi connectivity index (χ0) is 31.8. The molecule has 0 bridgehead atoms. The van der Waals surface area contributed by atoms with Gasteiger partial charge >= 0.3 is 0 Å². The molecule has 6 nitrogen and oxygen atoms in total. The van der Waals surface area contributed by atoms with Gasteiger partial charge in [0.15, 0.2) is 0 Å². The SMILES string of the molecule is O=C(Cc1ccccc1)NC1C(=O)N2C(C(=S)OC(c3ccccc3)c3ccccc3)=C(c3sc4ccsc4c(=O)c3Cl)CS[C@H]12. The highest BCUT2D eigenvalue weighted by atomic mass is 35.5. The van der Waals surface area contributed by atoms with Gasteiger partial charge in [0.2, 0.25) is 16.4 Å². The summed E-state index contributed by atoms with van der Waals surface area (Å²) in [4.78, 5) is 42.3. The highest BCUT2D eigenvalue weighted by molar-refractivity contribution is 8.00. The van der Waals surface area contributed by atoms with E-state index in [1.807, 2.05) is 102 Å². The highest BCUT2D eigenvalue weighted by Gasteiger charge is 2.54. The number of ether oxygens (including phenoxy) is 1. The predicted molar refractivity (Wildman–Crippen MR) is 191 cm³/mol. The molecule has 7 rings (SSSR count). The molecule has 0 aliphatic carbocycles. The summed E-state index contributed by atoms with van der Waals surface area (Å²) in [5.41, 5.74) is 3.46. The summed E-state index contributed by atoms with van der Waals surface area (Å²) >= 11 is 17.0. The van der Waals surface area contributed by atoms with Crippen LogP contribution in [0.1, 0.15) is 27.7 Å². The Morgan fingerprint density at radius 1 is 0.957 bits per heavy atom. The molecule has 2 aliphatic rings. The maximum Gasteiger partial charge on any atom is 0.253 e. The molecular weight excluding hydrogens is 676 g/mol. The van der Waals surface area contributed by atoms with Crippen molar-refractivity contribution in [2.75, 3.05) is 5.75 Å². The summed E-state index contributed by atoms with van der Waals surface area (Å²) in [7, 11) is 0. The number of rotatable bonds is 8. The molecule has 1 unspecified atom stereocenters. The molecule has 0 spiro atoms. The second-order valence-corrected chi connectivity index (χ2v) is 14.6. The Balaban J connectivity index is 1.27. The summed E-state index contributed by atoms with van der Waals surface area (Å²) in [5.74, 6) is -0.129. The predicted octanol–water partition coefficient (Wildman–Crippen LogP) is 7.46. The van der Waals surface area contributed by atoms with E-state index in [9.17, 15) is 14.4 Å². The number of amides is 2. The molecule has 11 heteroatoms. The van der Waals surface area contributed by atoms with Gasteiger partial charge in [0.05, 0.1) is 16.0 Å². The van der Waals surface area contributed by atoms with Crippen molar-refractivity contribution in [2.45, 2.75) is 23.9 Å². The standard InChI is InChI=1S/C35H25ClN2O4S4/c36-26-29(40)32-24(16-17-44-32)46-31(26)23-19-45-34-27(37-25(39)18-20-10-4-1-5-11-20)33(41)38(34)28(23)35(43)42-30(21-12-6-2-7-13-21)22-14-8-3-9-15-22/h1-17,27,30,34H,18-19H2,(H,37,39)/t27?,34-/m1/s1. The van der Waals surface area contributed by atoms with Crippen LogP contribution in [0.3, 0.4) is 0 Å². The van der Waals surface area contributed by atoms with Crippen LogP contribution in [0, 0.1) is 0 Å². The number of thiophene rings is 1. The molecule has 1 N–H and O–H groups in total. The fraction of sp³-hybridized carbons (Fsp3) is 0.143. The Kier molecular flexibility index (Phi) is 8.80. The van der Waals surface area contributed by atoms with Gasteiger partial charge in [-0.05, 0) is 40.4 Å². The van der Waals surface area contributed by atoms with Crippen molar-refractivity contribution < 1.29 is 14.3 Å². The van der Waals surface area contributed by atoms with Gasteiger partial charge < -0.3 is 10.1 Å². The smallest absolute Gasteiger partial charge is 0.253 e. The molecule has 2 amide bonds. The number of β-lactam (4-membered cyclic amide) rings is 1. The van der Waals surface area contributed by atoms with Crippen molar-refractivity contribution in [2.24, 2.45) is 0 Å². The zero-order valence-corrected chi connectivity index (χ0v) is 28.1. The Labute approximate surface area is 287 Å². The molecule has 1 saturated heterocycles. The maximum atomic E-state index is 13.9. The minimum atomic E-state index is -0.729. The number of carbonyl (C=O) groups excluding carboxylic acids is 2. The summed E-state index contributed by atoms with van der Waals surface area (Å²) in [6, 6.07) is 30.0. The molecule has 0 radical (unpaired) electrons. The lowest BCUT2D eigenvalue weighted by Gasteiger charge is -2.50. The topological polar surface area (TPSA) is 75.7 Å². The van der Waals surface area contributed by atoms with E-state index in [1.165, 1.54) is 34.4 Å². The lowest BCUT2D eigenvalue weighted by molar-refractivity contribution is -0.145. The lowest BCUT2D eigenvalue weighted by atomic mass is 10.00. The van der Waals surface area contributed by atoms with Crippen LogP contribution in [-0.2, 0) is 20.7 Å². The number of hydrogen-bond acceptors (Lipinski definition) is 8. The van der Waals surface area contributed by atoms with Crippen LogP contribution < -0.4 is 10.7 Å². The first-order valence-corrected chi connectivity index (χ1v) is 18.0. The quantitative estimate of drug-likeness (QED) is 0.134. The van der Waals surface area contributed by atoms with Gasteiger partial charge in [0, 0.05) is 16.0 Å². The van der Waals surface area contributed by atoms with Crippen LogP contribution >= 0.6 is 58.3 Å². The van der Waals surface area contributed by atoms with Crippen molar-refractivity contribution >= 4 is 90.1 Å². The van der Waals surface area contributed by atoms with Gasteiger partial charge in [0.1, 0.15) is 28.2 Å². The molecule has 0 saturated carbocycles. The second-order valence-electron chi connectivity index (χ2n) is 10.7. The van der Waals surface area contributed by atoms with Crippen LogP contribution in [0.5, 0.6) is 0 Å². The van der Waals surface area contributed by atoms with Crippen molar-refractivity contribution in [3.63, 3.8) is 0 Å². The first-order chi connectivity index (χ1) is 22.4. The monoisotopic (exact) mass is 700 g/mol. The average molecular weight is 701 g/mol. The number of thiocarbonyl (C=S) groups is 1. The molecule has 5 aromatic rings. The average Bonchev–Trinajstić information content (AvgIpc) is 3.57. The number of nitrogens with one attached hydrogen (secondary N) is 1. The number of benzene rings is 3. The fourth-order valence-electron chi connectivity index (χ4n) is 5.63. The van der Waals surface area contributed by atoms with Crippen molar-refractivity contribution in [3.05, 3.63) is 145 Å². The second kappa shape index (κ2) is 13.1. The third-order valence-electron chi connectivity index (χ3n) is 7.84. The number of carbonyl (C=O) groups is 2. The molecule has 1 fully saturated rings. The normalized spacial score (nSPS) is 17.5. The number of halogens is 1. The van der Waals surface area contributed by atoms with Crippen LogP contribution in [0.2, 0.25) is 5.02 Å². The lowest BCUT2D eigenvalue weighted by Crippen LogP contribution is -2.70. The number of nitrogens with zero attached hydrogens (tertiary/aromatic N) is 1. The molecule has 4 heterocycles. The van der Waals surface area contributed by atoms with Crippen molar-refractivity contribution in [3.8, 4) is 0 Å². The molecular formula is C35H25ClN2O4S4. The van der Waals surface area contributed by atoms with E-state index in [-0.39, 0.29) is 33.7 Å². The van der Waals surface area contributed by atoms with Gasteiger partial charge in [0.25, 0.3) is 5.91 Å². The van der Waals surface area contributed by atoms with Crippen molar-refractivity contribution in [1.82, 2.24) is 10.2 Å². The van der Waals surface area contributed by atoms with Crippen molar-refractivity contribution in [1.29, 1.82) is 0 Å². The molecule has 46 heavy (non-hydrogen) atoms. The Hall–Kier alpha value is -3.80. The van der Waals surface area contributed by atoms with Gasteiger partial charge in [-0.1, -0.05) is 103 Å². The molecule has 2 aromatic heterocycles. The number of fused-ring (bicyclic) bond motifs is 2. The molecule has 2 atom stereocenters.